The van der Waals surface area contributed by atoms with Gasteiger partial charge in [0, 0.05) is 12.5 Å². The summed E-state index contributed by atoms with van der Waals surface area (Å²) < 4.78 is 0. The summed E-state index contributed by atoms with van der Waals surface area (Å²) in [7, 11) is 0. The highest BCUT2D eigenvalue weighted by Crippen LogP contribution is 2.09. The van der Waals surface area contributed by atoms with Crippen LogP contribution in [0.15, 0.2) is 0 Å². The first kappa shape index (κ1) is 13.6. The van der Waals surface area contributed by atoms with Crippen molar-refractivity contribution in [3.8, 4) is 0 Å². The van der Waals surface area contributed by atoms with E-state index >= 15 is 0 Å². The molecule has 0 spiro atoms. The van der Waals surface area contributed by atoms with Gasteiger partial charge in [0.15, 0.2) is 6.29 Å². The van der Waals surface area contributed by atoms with E-state index in [0.717, 1.165) is 12.8 Å². The minimum Gasteiger partial charge on any atom is -0.327 e. The lowest BCUT2D eigenvalue weighted by Gasteiger charge is -2.06. The second-order valence-electron chi connectivity index (χ2n) is 4.02. The summed E-state index contributed by atoms with van der Waals surface area (Å²) >= 11 is 0. The number of unbranched alkanes of at least 4 members (excludes halogenated alkanes) is 6. The molecule has 2 nitrogen and oxygen atoms in total. The second-order valence-corrected chi connectivity index (χ2v) is 4.02. The van der Waals surface area contributed by atoms with Crippen LogP contribution in [0.1, 0.15) is 64.7 Å². The van der Waals surface area contributed by atoms with Crippen LogP contribution in [0.5, 0.6) is 0 Å². The molecule has 0 aliphatic heterocycles. The fourth-order valence-electron chi connectivity index (χ4n) is 1.57. The van der Waals surface area contributed by atoms with Gasteiger partial charge >= 0.3 is 0 Å². The third kappa shape index (κ3) is 9.72. The van der Waals surface area contributed by atoms with E-state index in [2.05, 4.69) is 6.92 Å². The SMILES string of the molecule is CCCCCCCCCC(N)C[C]=O. The van der Waals surface area contributed by atoms with Gasteiger partial charge in [0.05, 0.1) is 0 Å². The van der Waals surface area contributed by atoms with Crippen LogP contribution in [0.2, 0.25) is 0 Å². The van der Waals surface area contributed by atoms with Crippen LogP contribution in [0.25, 0.3) is 0 Å². The smallest absolute Gasteiger partial charge is 0.199 e. The molecule has 0 amide bonds. The van der Waals surface area contributed by atoms with Crippen molar-refractivity contribution in [2.75, 3.05) is 0 Å². The Morgan fingerprint density at radius 2 is 1.64 bits per heavy atom. The van der Waals surface area contributed by atoms with Crippen molar-refractivity contribution in [1.82, 2.24) is 0 Å². The quantitative estimate of drug-likeness (QED) is 0.548. The Morgan fingerprint density at radius 1 is 1.07 bits per heavy atom. The first-order valence-electron chi connectivity index (χ1n) is 5.91. The zero-order chi connectivity index (χ0) is 10.6. The molecule has 2 N–H and O–H groups in total. The Labute approximate surface area is 88.3 Å². The van der Waals surface area contributed by atoms with E-state index in [1.165, 1.54) is 38.5 Å². The van der Waals surface area contributed by atoms with Crippen LogP contribution in [0.3, 0.4) is 0 Å². The van der Waals surface area contributed by atoms with Gasteiger partial charge in [0.2, 0.25) is 0 Å². The third-order valence-corrected chi connectivity index (χ3v) is 2.52. The Bertz CT molecular complexity index is 125. The minimum absolute atomic E-state index is 0.0446. The van der Waals surface area contributed by atoms with Gasteiger partial charge in [-0.05, 0) is 6.42 Å². The summed E-state index contributed by atoms with van der Waals surface area (Å²) in [5.74, 6) is 0. The molecular weight excluding hydrogens is 174 g/mol. The highest BCUT2D eigenvalue weighted by atomic mass is 16.1. The monoisotopic (exact) mass is 198 g/mol. The predicted octanol–water partition coefficient (Wildman–Crippen LogP) is 2.95. The Hall–Kier alpha value is -0.370. The number of rotatable bonds is 10. The van der Waals surface area contributed by atoms with E-state index in [1.807, 2.05) is 6.29 Å². The molecule has 1 unspecified atom stereocenters. The molecule has 0 saturated carbocycles. The fourth-order valence-corrected chi connectivity index (χ4v) is 1.57. The van der Waals surface area contributed by atoms with Crippen molar-refractivity contribution in [3.05, 3.63) is 0 Å². The normalized spacial score (nSPS) is 12.7. The molecule has 1 atom stereocenters. The predicted molar refractivity (Wildman–Crippen MR) is 60.9 cm³/mol. The minimum atomic E-state index is 0.0446. The van der Waals surface area contributed by atoms with E-state index < -0.39 is 0 Å². The third-order valence-electron chi connectivity index (χ3n) is 2.52. The van der Waals surface area contributed by atoms with E-state index in [1.54, 1.807) is 0 Å². The van der Waals surface area contributed by atoms with Gasteiger partial charge < -0.3 is 5.73 Å². The van der Waals surface area contributed by atoms with Gasteiger partial charge in [0.1, 0.15) is 0 Å². The maximum absolute atomic E-state index is 10.0. The maximum Gasteiger partial charge on any atom is 0.199 e. The molecule has 83 valence electrons. The van der Waals surface area contributed by atoms with Crippen molar-refractivity contribution in [3.63, 3.8) is 0 Å². The molecule has 0 rings (SSSR count). The number of carbonyl (C=O) groups excluding carboxylic acids is 1. The van der Waals surface area contributed by atoms with E-state index in [4.69, 9.17) is 5.73 Å². The van der Waals surface area contributed by atoms with Crippen LogP contribution < -0.4 is 5.73 Å². The van der Waals surface area contributed by atoms with Crippen molar-refractivity contribution in [2.24, 2.45) is 5.73 Å². The molecule has 0 fully saturated rings. The van der Waals surface area contributed by atoms with Crippen molar-refractivity contribution in [2.45, 2.75) is 70.8 Å². The molecule has 0 bridgehead atoms. The lowest BCUT2D eigenvalue weighted by molar-refractivity contribution is 0.512. The largest absolute Gasteiger partial charge is 0.327 e. The molecule has 0 aromatic rings. The number of hydrogen-bond donors (Lipinski definition) is 1. The molecule has 0 aromatic carbocycles. The fraction of sp³-hybridized carbons (Fsp3) is 0.917. The zero-order valence-electron chi connectivity index (χ0n) is 9.43. The zero-order valence-corrected chi connectivity index (χ0v) is 9.43. The molecule has 1 radical (unpaired) electrons. The van der Waals surface area contributed by atoms with Crippen LogP contribution in [0.4, 0.5) is 0 Å². The average molecular weight is 198 g/mol. The van der Waals surface area contributed by atoms with Crippen LogP contribution in [-0.4, -0.2) is 12.3 Å². The summed E-state index contributed by atoms with van der Waals surface area (Å²) in [4.78, 5) is 10.0. The summed E-state index contributed by atoms with van der Waals surface area (Å²) in [6.45, 7) is 2.23. The summed E-state index contributed by atoms with van der Waals surface area (Å²) in [5, 5.41) is 0. The van der Waals surface area contributed by atoms with Gasteiger partial charge in [0.25, 0.3) is 0 Å². The highest BCUT2D eigenvalue weighted by Gasteiger charge is 2.00. The number of nitrogens with two attached hydrogens (primary N) is 1. The summed E-state index contributed by atoms with van der Waals surface area (Å²) in [6, 6.07) is 0.0446. The van der Waals surface area contributed by atoms with Crippen molar-refractivity contribution >= 4 is 6.29 Å². The Balaban J connectivity index is 3.01. The molecular formula is C12H24NO. The maximum atomic E-state index is 10.0. The van der Waals surface area contributed by atoms with E-state index in [9.17, 15) is 4.79 Å². The van der Waals surface area contributed by atoms with E-state index in [-0.39, 0.29) is 6.04 Å². The van der Waals surface area contributed by atoms with Crippen molar-refractivity contribution < 1.29 is 4.79 Å². The first-order chi connectivity index (χ1) is 6.81. The molecule has 0 heterocycles. The van der Waals surface area contributed by atoms with Gasteiger partial charge in [-0.2, -0.15) is 0 Å². The highest BCUT2D eigenvalue weighted by molar-refractivity contribution is 5.51. The standard InChI is InChI=1S/C12H24NO/c1-2-3-4-5-6-7-8-9-12(13)10-11-14/h12H,2-10,13H2,1H3. The molecule has 0 aromatic heterocycles. The molecule has 14 heavy (non-hydrogen) atoms. The van der Waals surface area contributed by atoms with Gasteiger partial charge in [-0.1, -0.05) is 51.9 Å². The van der Waals surface area contributed by atoms with Gasteiger partial charge in [-0.15, -0.1) is 0 Å². The van der Waals surface area contributed by atoms with Gasteiger partial charge in [-0.3, -0.25) is 4.79 Å². The second kappa shape index (κ2) is 10.7. The lowest BCUT2D eigenvalue weighted by atomic mass is 10.0. The van der Waals surface area contributed by atoms with Crippen LogP contribution in [0, 0.1) is 0 Å². The summed E-state index contributed by atoms with van der Waals surface area (Å²) in [5.41, 5.74) is 5.68. The van der Waals surface area contributed by atoms with Gasteiger partial charge in [-0.25, -0.2) is 0 Å². The first-order valence-corrected chi connectivity index (χ1v) is 5.91. The molecule has 0 aliphatic carbocycles. The Kier molecular flexibility index (Phi) is 10.4. The molecule has 0 aliphatic rings. The van der Waals surface area contributed by atoms with Crippen molar-refractivity contribution in [1.29, 1.82) is 0 Å². The Morgan fingerprint density at radius 3 is 2.21 bits per heavy atom. The lowest BCUT2D eigenvalue weighted by Crippen LogP contribution is -2.19. The molecule has 2 heteroatoms. The van der Waals surface area contributed by atoms with Crippen LogP contribution in [-0.2, 0) is 4.79 Å². The number of hydrogen-bond acceptors (Lipinski definition) is 2. The summed E-state index contributed by atoms with van der Waals surface area (Å²) in [6.07, 6.45) is 12.4. The topological polar surface area (TPSA) is 43.1 Å². The van der Waals surface area contributed by atoms with E-state index in [0.29, 0.717) is 6.42 Å². The molecule has 0 saturated heterocycles. The van der Waals surface area contributed by atoms with Crippen LogP contribution >= 0.6 is 0 Å². The average Bonchev–Trinajstić information content (AvgIpc) is 2.17.